The molecule has 1 atom stereocenters. The van der Waals surface area contributed by atoms with Crippen molar-refractivity contribution in [3.05, 3.63) is 75.8 Å². The molecule has 5 nitrogen and oxygen atoms in total. The summed E-state index contributed by atoms with van der Waals surface area (Å²) in [5, 5.41) is 0. The summed E-state index contributed by atoms with van der Waals surface area (Å²) in [5.74, 6) is 0.290. The summed E-state index contributed by atoms with van der Waals surface area (Å²) in [4.78, 5) is 17.8. The minimum Gasteiger partial charge on any atom is -0.485 e. The zero-order valence-electron chi connectivity index (χ0n) is 15.1. The third-order valence-corrected chi connectivity index (χ3v) is 6.28. The van der Waals surface area contributed by atoms with Crippen molar-refractivity contribution in [1.29, 1.82) is 0 Å². The summed E-state index contributed by atoms with van der Waals surface area (Å²) in [5.41, 5.74) is 8.32. The first kappa shape index (κ1) is 18.7. The zero-order valence-corrected chi connectivity index (χ0v) is 17.5. The van der Waals surface area contributed by atoms with Crippen molar-refractivity contribution in [1.82, 2.24) is 9.38 Å². The van der Waals surface area contributed by atoms with Crippen LogP contribution in [0.3, 0.4) is 0 Å². The maximum Gasteiger partial charge on any atom is 0.222 e. The highest BCUT2D eigenvalue weighted by Gasteiger charge is 2.19. The normalized spacial score (nSPS) is 12.2. The Morgan fingerprint density at radius 2 is 2.07 bits per heavy atom. The third-order valence-electron chi connectivity index (χ3n) is 4.42. The van der Waals surface area contributed by atoms with E-state index in [1.807, 2.05) is 72.2 Å². The summed E-state index contributed by atoms with van der Waals surface area (Å²) in [6.07, 6.45) is 3.75. The first-order valence-electron chi connectivity index (χ1n) is 8.77. The topological polar surface area (TPSA) is 69.6 Å². The SMILES string of the molecule is C[C@@H](Oc1cc(-c2cnc3ccccn23)sc1CC(N)=O)c1ccccc1Br. The van der Waals surface area contributed by atoms with Crippen LogP contribution in [0.1, 0.15) is 23.5 Å². The van der Waals surface area contributed by atoms with Crippen LogP contribution in [0.4, 0.5) is 0 Å². The molecule has 28 heavy (non-hydrogen) atoms. The van der Waals surface area contributed by atoms with Gasteiger partial charge in [0.25, 0.3) is 0 Å². The zero-order chi connectivity index (χ0) is 19.7. The van der Waals surface area contributed by atoms with Crippen molar-refractivity contribution in [2.24, 2.45) is 5.73 Å². The minimum atomic E-state index is -0.384. The molecule has 1 aromatic carbocycles. The van der Waals surface area contributed by atoms with Crippen LogP contribution in [0, 0.1) is 0 Å². The molecule has 142 valence electrons. The lowest BCUT2D eigenvalue weighted by molar-refractivity contribution is -0.117. The number of carbonyl (C=O) groups excluding carboxylic acids is 1. The van der Waals surface area contributed by atoms with Gasteiger partial charge >= 0.3 is 0 Å². The van der Waals surface area contributed by atoms with E-state index in [0.717, 1.165) is 31.1 Å². The number of imidazole rings is 1. The third kappa shape index (κ3) is 3.68. The van der Waals surface area contributed by atoms with E-state index in [9.17, 15) is 4.79 Å². The number of pyridine rings is 1. The van der Waals surface area contributed by atoms with Crippen molar-refractivity contribution in [2.75, 3.05) is 0 Å². The van der Waals surface area contributed by atoms with Gasteiger partial charge in [-0.2, -0.15) is 0 Å². The fourth-order valence-corrected chi connectivity index (χ4v) is 4.81. The number of hydrogen-bond acceptors (Lipinski definition) is 4. The molecule has 0 saturated heterocycles. The fourth-order valence-electron chi connectivity index (χ4n) is 3.09. The average Bonchev–Trinajstić information content (AvgIpc) is 3.25. The summed E-state index contributed by atoms with van der Waals surface area (Å²) < 4.78 is 9.24. The van der Waals surface area contributed by atoms with E-state index in [1.54, 1.807) is 0 Å². The second kappa shape index (κ2) is 7.77. The highest BCUT2D eigenvalue weighted by atomic mass is 79.9. The predicted molar refractivity (Wildman–Crippen MR) is 115 cm³/mol. The van der Waals surface area contributed by atoms with Crippen molar-refractivity contribution in [3.8, 4) is 16.3 Å². The molecule has 4 rings (SSSR count). The van der Waals surface area contributed by atoms with Gasteiger partial charge < -0.3 is 10.5 Å². The van der Waals surface area contributed by atoms with E-state index in [4.69, 9.17) is 10.5 Å². The van der Waals surface area contributed by atoms with Crippen molar-refractivity contribution in [2.45, 2.75) is 19.4 Å². The van der Waals surface area contributed by atoms with E-state index in [0.29, 0.717) is 5.75 Å². The lowest BCUT2D eigenvalue weighted by Gasteiger charge is -2.16. The van der Waals surface area contributed by atoms with Gasteiger partial charge in [-0.25, -0.2) is 4.98 Å². The van der Waals surface area contributed by atoms with E-state index < -0.39 is 0 Å². The van der Waals surface area contributed by atoms with Crippen LogP contribution >= 0.6 is 27.3 Å². The van der Waals surface area contributed by atoms with Gasteiger partial charge in [0.15, 0.2) is 0 Å². The molecule has 2 N–H and O–H groups in total. The molecule has 0 spiro atoms. The fraction of sp³-hybridized carbons (Fsp3) is 0.143. The van der Waals surface area contributed by atoms with Gasteiger partial charge in [-0.15, -0.1) is 11.3 Å². The van der Waals surface area contributed by atoms with E-state index in [2.05, 4.69) is 20.9 Å². The van der Waals surface area contributed by atoms with Gasteiger partial charge in [0.05, 0.1) is 28.1 Å². The number of nitrogens with two attached hydrogens (primary N) is 1. The minimum absolute atomic E-state index is 0.138. The second-order valence-corrected chi connectivity index (χ2v) is 8.39. The molecule has 7 heteroatoms. The number of carbonyl (C=O) groups is 1. The lowest BCUT2D eigenvalue weighted by atomic mass is 10.1. The quantitative estimate of drug-likeness (QED) is 0.444. The molecule has 3 heterocycles. The number of hydrogen-bond donors (Lipinski definition) is 1. The maximum atomic E-state index is 11.6. The van der Waals surface area contributed by atoms with E-state index in [-0.39, 0.29) is 18.4 Å². The van der Waals surface area contributed by atoms with Crippen LogP contribution < -0.4 is 10.5 Å². The number of fused-ring (bicyclic) bond motifs is 1. The molecular weight excluding hydrogens is 438 g/mol. The van der Waals surface area contributed by atoms with Crippen molar-refractivity contribution >= 4 is 38.8 Å². The standard InChI is InChI=1S/C21H18BrN3O2S/c1-13(14-6-2-3-7-15(14)22)27-17-10-18(28-19(17)11-20(23)26)16-12-24-21-8-4-5-9-25(16)21/h2-10,12-13H,11H2,1H3,(H2,23,26)/t13-/m1/s1. The lowest BCUT2D eigenvalue weighted by Crippen LogP contribution is -2.13. The van der Waals surface area contributed by atoms with Crippen LogP contribution in [0.15, 0.2) is 65.4 Å². The largest absolute Gasteiger partial charge is 0.485 e. The van der Waals surface area contributed by atoms with Gasteiger partial charge in [-0.3, -0.25) is 9.20 Å². The molecule has 0 radical (unpaired) electrons. The Kier molecular flexibility index (Phi) is 5.19. The summed E-state index contributed by atoms with van der Waals surface area (Å²) in [7, 11) is 0. The Morgan fingerprint density at radius 3 is 2.86 bits per heavy atom. The summed E-state index contributed by atoms with van der Waals surface area (Å²) in [6.45, 7) is 1.99. The van der Waals surface area contributed by atoms with E-state index >= 15 is 0 Å². The average molecular weight is 456 g/mol. The Bertz CT molecular complexity index is 1150. The molecule has 0 unspecified atom stereocenters. The van der Waals surface area contributed by atoms with Crippen LogP contribution in [-0.4, -0.2) is 15.3 Å². The molecular formula is C21H18BrN3O2S. The molecule has 0 aliphatic rings. The number of primary amides is 1. The molecule has 0 bridgehead atoms. The Morgan fingerprint density at radius 1 is 1.29 bits per heavy atom. The molecule has 0 saturated carbocycles. The van der Waals surface area contributed by atoms with Gasteiger partial charge in [0.1, 0.15) is 17.5 Å². The monoisotopic (exact) mass is 455 g/mol. The van der Waals surface area contributed by atoms with Crippen LogP contribution in [0.2, 0.25) is 0 Å². The Balaban J connectivity index is 1.72. The maximum absolute atomic E-state index is 11.6. The highest BCUT2D eigenvalue weighted by molar-refractivity contribution is 9.10. The number of rotatable bonds is 6. The molecule has 1 amide bonds. The molecule has 0 aliphatic carbocycles. The van der Waals surface area contributed by atoms with Crippen LogP contribution in [0.5, 0.6) is 5.75 Å². The highest BCUT2D eigenvalue weighted by Crippen LogP contribution is 2.39. The molecule has 0 fully saturated rings. The Hall–Kier alpha value is -2.64. The molecule has 3 aromatic heterocycles. The Labute approximate surface area is 174 Å². The van der Waals surface area contributed by atoms with Gasteiger partial charge in [-0.05, 0) is 25.1 Å². The van der Waals surface area contributed by atoms with Gasteiger partial charge in [0, 0.05) is 22.3 Å². The summed E-state index contributed by atoms with van der Waals surface area (Å²) in [6, 6.07) is 15.8. The van der Waals surface area contributed by atoms with Gasteiger partial charge in [0.2, 0.25) is 5.91 Å². The number of amides is 1. The van der Waals surface area contributed by atoms with Crippen LogP contribution in [-0.2, 0) is 11.2 Å². The smallest absolute Gasteiger partial charge is 0.222 e. The van der Waals surface area contributed by atoms with Crippen LogP contribution in [0.25, 0.3) is 16.2 Å². The summed E-state index contributed by atoms with van der Waals surface area (Å²) >= 11 is 5.07. The first-order chi connectivity index (χ1) is 13.5. The second-order valence-electron chi connectivity index (χ2n) is 6.40. The number of benzene rings is 1. The predicted octanol–water partition coefficient (Wildman–Crippen LogP) is 4.99. The van der Waals surface area contributed by atoms with Crippen molar-refractivity contribution in [3.63, 3.8) is 0 Å². The molecule has 0 aliphatic heterocycles. The number of aromatic nitrogens is 2. The number of halogens is 1. The molecule has 4 aromatic rings. The number of nitrogens with zero attached hydrogens (tertiary/aromatic N) is 2. The van der Waals surface area contributed by atoms with E-state index in [1.165, 1.54) is 11.3 Å². The van der Waals surface area contributed by atoms with Crippen molar-refractivity contribution < 1.29 is 9.53 Å². The first-order valence-corrected chi connectivity index (χ1v) is 10.4. The van der Waals surface area contributed by atoms with Gasteiger partial charge in [-0.1, -0.05) is 40.2 Å². The number of ether oxygens (including phenoxy) is 1. The number of thiophene rings is 1.